The maximum Gasteiger partial charge on any atom is 0.259 e. The molecule has 3 heterocycles. The Balaban J connectivity index is 1.53. The van der Waals surface area contributed by atoms with Gasteiger partial charge in [0.15, 0.2) is 5.76 Å². The van der Waals surface area contributed by atoms with Crippen LogP contribution in [0, 0.1) is 6.92 Å². The van der Waals surface area contributed by atoms with Gasteiger partial charge < -0.3 is 4.52 Å². The number of pyridine rings is 1. The van der Waals surface area contributed by atoms with Crippen molar-refractivity contribution in [2.75, 3.05) is 0 Å². The number of fused-ring (bicyclic) bond motifs is 2. The molecule has 0 radical (unpaired) electrons. The van der Waals surface area contributed by atoms with Crippen LogP contribution in [0.25, 0.3) is 10.8 Å². The zero-order chi connectivity index (χ0) is 18.5. The van der Waals surface area contributed by atoms with Crippen molar-refractivity contribution >= 4 is 38.5 Å². The van der Waals surface area contributed by atoms with E-state index in [1.54, 1.807) is 16.3 Å². The zero-order valence-electron chi connectivity index (χ0n) is 14.5. The van der Waals surface area contributed by atoms with E-state index in [4.69, 9.17) is 4.52 Å². The third kappa shape index (κ3) is 2.66. The summed E-state index contributed by atoms with van der Waals surface area (Å²) in [6, 6.07) is 16.2. The fourth-order valence-corrected chi connectivity index (χ4v) is 4.95. The van der Waals surface area contributed by atoms with E-state index in [1.807, 2.05) is 43.5 Å². The lowest BCUT2D eigenvalue weighted by Gasteiger charge is -2.22. The smallest absolute Gasteiger partial charge is 0.259 e. The van der Waals surface area contributed by atoms with Crippen LogP contribution < -0.4 is 5.56 Å². The van der Waals surface area contributed by atoms with E-state index in [2.05, 4.69) is 39.3 Å². The van der Waals surface area contributed by atoms with Crippen LogP contribution in [-0.2, 0) is 5.75 Å². The second kappa shape index (κ2) is 6.39. The first kappa shape index (κ1) is 16.8. The molecule has 0 saturated carbocycles. The van der Waals surface area contributed by atoms with Crippen LogP contribution in [0.1, 0.15) is 28.6 Å². The summed E-state index contributed by atoms with van der Waals surface area (Å²) in [4.78, 5) is 14.2. The normalized spacial score (nSPS) is 15.1. The molecular weight excluding hydrogens is 424 g/mol. The lowest BCUT2D eigenvalue weighted by molar-refractivity contribution is 0.399. The Morgan fingerprint density at radius 1 is 1.19 bits per heavy atom. The number of halogens is 1. The molecule has 2 aromatic heterocycles. The molecule has 1 atom stereocenters. The summed E-state index contributed by atoms with van der Waals surface area (Å²) in [5.41, 5.74) is 3.12. The molecule has 1 aliphatic carbocycles. The van der Waals surface area contributed by atoms with Crippen molar-refractivity contribution in [1.82, 2.24) is 9.72 Å². The minimum Gasteiger partial charge on any atom is -0.358 e. The standard InChI is InChI=1S/C21H15BrN2O2S/c1-12-18-19(20(12)26-23-18)24-10-17(22)15-8-7-14(9-16(15)21(24)25)27-11-13-5-3-2-4-6-13/h2-10,19H,11H2,1H3. The molecule has 1 aliphatic heterocycles. The predicted molar refractivity (Wildman–Crippen MR) is 110 cm³/mol. The van der Waals surface area contributed by atoms with Gasteiger partial charge in [-0.3, -0.25) is 9.36 Å². The van der Waals surface area contributed by atoms with Gasteiger partial charge in [-0.1, -0.05) is 41.6 Å². The summed E-state index contributed by atoms with van der Waals surface area (Å²) in [6.07, 6.45) is 1.84. The van der Waals surface area contributed by atoms with Gasteiger partial charge in [-0.15, -0.1) is 11.8 Å². The number of aryl methyl sites for hydroxylation is 1. The second-order valence-corrected chi connectivity index (χ2v) is 8.53. The lowest BCUT2D eigenvalue weighted by Crippen LogP contribution is -2.29. The summed E-state index contributed by atoms with van der Waals surface area (Å²) in [5, 5.41) is 5.66. The third-order valence-electron chi connectivity index (χ3n) is 5.00. The highest BCUT2D eigenvalue weighted by Crippen LogP contribution is 2.41. The van der Waals surface area contributed by atoms with Gasteiger partial charge in [0.2, 0.25) is 0 Å². The molecule has 4 nitrogen and oxygen atoms in total. The fourth-order valence-electron chi connectivity index (χ4n) is 3.50. The van der Waals surface area contributed by atoms with Crippen molar-refractivity contribution in [3.63, 3.8) is 0 Å². The molecule has 0 amide bonds. The van der Waals surface area contributed by atoms with Gasteiger partial charge in [-0.25, -0.2) is 0 Å². The highest BCUT2D eigenvalue weighted by Gasteiger charge is 2.39. The largest absolute Gasteiger partial charge is 0.358 e. The number of aromatic nitrogens is 2. The second-order valence-electron chi connectivity index (χ2n) is 6.63. The van der Waals surface area contributed by atoms with Gasteiger partial charge in [0.05, 0.1) is 0 Å². The lowest BCUT2D eigenvalue weighted by atomic mass is 9.93. The number of benzene rings is 2. The Hall–Kier alpha value is -2.31. The van der Waals surface area contributed by atoms with E-state index in [0.29, 0.717) is 5.39 Å². The molecule has 134 valence electrons. The quantitative estimate of drug-likeness (QED) is 0.357. The minimum absolute atomic E-state index is 0.0245. The van der Waals surface area contributed by atoms with Gasteiger partial charge in [-0.2, -0.15) is 0 Å². The summed E-state index contributed by atoms with van der Waals surface area (Å²) >= 11 is 5.35. The fraction of sp³-hybridized carbons (Fsp3) is 0.143. The van der Waals surface area contributed by atoms with Gasteiger partial charge >= 0.3 is 0 Å². The van der Waals surface area contributed by atoms with Crippen LogP contribution in [-0.4, -0.2) is 9.72 Å². The van der Waals surface area contributed by atoms with Crippen molar-refractivity contribution < 1.29 is 4.52 Å². The molecule has 0 N–H and O–H groups in total. The Labute approximate surface area is 168 Å². The first-order chi connectivity index (χ1) is 13.1. The van der Waals surface area contributed by atoms with Crippen LogP contribution in [0.2, 0.25) is 0 Å². The van der Waals surface area contributed by atoms with Gasteiger partial charge in [0.1, 0.15) is 11.7 Å². The molecule has 2 bridgehead atoms. The average molecular weight is 439 g/mol. The maximum atomic E-state index is 13.2. The SMILES string of the molecule is Cc1c2noc1C2n1cc(Br)c2ccc(SCc3ccccc3)cc2c1=O. The number of thioether (sulfide) groups is 1. The van der Waals surface area contributed by atoms with Crippen molar-refractivity contribution in [1.29, 1.82) is 0 Å². The Kier molecular flexibility index (Phi) is 3.98. The zero-order valence-corrected chi connectivity index (χ0v) is 16.9. The molecule has 27 heavy (non-hydrogen) atoms. The monoisotopic (exact) mass is 438 g/mol. The van der Waals surface area contributed by atoms with Crippen LogP contribution in [0.15, 0.2) is 73.4 Å². The molecule has 0 saturated heterocycles. The van der Waals surface area contributed by atoms with E-state index in [0.717, 1.165) is 37.5 Å². The van der Waals surface area contributed by atoms with Gasteiger partial charge in [0.25, 0.3) is 5.56 Å². The number of rotatable bonds is 4. The molecule has 0 fully saturated rings. The summed E-state index contributed by atoms with van der Waals surface area (Å²) in [7, 11) is 0. The Morgan fingerprint density at radius 3 is 2.70 bits per heavy atom. The predicted octanol–water partition coefficient (Wildman–Crippen LogP) is 5.30. The van der Waals surface area contributed by atoms with Crippen LogP contribution >= 0.6 is 27.7 Å². The molecular formula is C21H15BrN2O2S. The molecule has 4 aromatic rings. The Bertz CT molecular complexity index is 1210. The van der Waals surface area contributed by atoms with E-state index in [9.17, 15) is 4.79 Å². The van der Waals surface area contributed by atoms with E-state index in [1.165, 1.54) is 5.56 Å². The van der Waals surface area contributed by atoms with Crippen molar-refractivity contribution in [3.8, 4) is 0 Å². The van der Waals surface area contributed by atoms with Crippen molar-refractivity contribution in [2.24, 2.45) is 0 Å². The number of hydrogen-bond donors (Lipinski definition) is 0. The van der Waals surface area contributed by atoms with Crippen molar-refractivity contribution in [3.05, 3.63) is 92.1 Å². The first-order valence-corrected chi connectivity index (χ1v) is 10.4. The van der Waals surface area contributed by atoms with Crippen molar-refractivity contribution in [2.45, 2.75) is 23.6 Å². The molecule has 6 heteroatoms. The number of nitrogens with zero attached hydrogens (tertiary/aromatic N) is 2. The summed E-state index contributed by atoms with van der Waals surface area (Å²) in [6.45, 7) is 1.97. The Morgan fingerprint density at radius 2 is 2.00 bits per heavy atom. The molecule has 2 aliphatic rings. The summed E-state index contributed by atoms with van der Waals surface area (Å²) < 4.78 is 7.92. The van der Waals surface area contributed by atoms with E-state index in [-0.39, 0.29) is 11.6 Å². The molecule has 0 spiro atoms. The molecule has 6 rings (SSSR count). The average Bonchev–Trinajstić information content (AvgIpc) is 3.31. The molecule has 1 unspecified atom stereocenters. The van der Waals surface area contributed by atoms with Crippen LogP contribution in [0.4, 0.5) is 0 Å². The van der Waals surface area contributed by atoms with E-state index < -0.39 is 0 Å². The highest BCUT2D eigenvalue weighted by atomic mass is 79.9. The maximum absolute atomic E-state index is 13.2. The van der Waals surface area contributed by atoms with Crippen LogP contribution in [0.3, 0.4) is 0 Å². The van der Waals surface area contributed by atoms with E-state index >= 15 is 0 Å². The third-order valence-corrected chi connectivity index (χ3v) is 6.69. The van der Waals surface area contributed by atoms with Crippen LogP contribution in [0.5, 0.6) is 0 Å². The number of hydrogen-bond acceptors (Lipinski definition) is 4. The topological polar surface area (TPSA) is 48.0 Å². The highest BCUT2D eigenvalue weighted by molar-refractivity contribution is 9.10. The minimum atomic E-state index is -0.196. The van der Waals surface area contributed by atoms with Gasteiger partial charge in [-0.05, 0) is 40.5 Å². The molecule has 2 aromatic carbocycles. The van der Waals surface area contributed by atoms with Gasteiger partial charge in [0, 0.05) is 37.7 Å². The summed E-state index contributed by atoms with van der Waals surface area (Å²) in [5.74, 6) is 1.64. The first-order valence-electron chi connectivity index (χ1n) is 8.60.